The van der Waals surface area contributed by atoms with Gasteiger partial charge < -0.3 is 20.2 Å². The van der Waals surface area contributed by atoms with E-state index in [0.29, 0.717) is 19.3 Å². The number of rotatable bonds is 14. The molecule has 0 aliphatic heterocycles. The first-order valence-electron chi connectivity index (χ1n) is 11.6. The molecule has 0 heterocycles. The van der Waals surface area contributed by atoms with Gasteiger partial charge in [0.25, 0.3) is 0 Å². The topological polar surface area (TPSA) is 81.0 Å². The molecular formula is C24H43NO4. The first-order valence-corrected chi connectivity index (χ1v) is 11.6. The second-order valence-electron chi connectivity index (χ2n) is 8.22. The Kier molecular flexibility index (Phi) is 13.2. The maximum Gasteiger partial charge on any atom is 0.222 e. The second kappa shape index (κ2) is 14.8. The van der Waals surface area contributed by atoms with Crippen LogP contribution in [0.15, 0.2) is 24.3 Å². The molecule has 5 nitrogen and oxygen atoms in total. The van der Waals surface area contributed by atoms with E-state index in [-0.39, 0.29) is 17.7 Å². The van der Waals surface area contributed by atoms with Gasteiger partial charge in [-0.2, -0.15) is 0 Å². The lowest BCUT2D eigenvalue weighted by Gasteiger charge is -2.19. The van der Waals surface area contributed by atoms with E-state index in [4.69, 9.17) is 0 Å². The standard InChI is InChI=1S/C24H43NO4/c1-4-7-10-13-19(26)16-17-21-20(22(27)18-23(21)28)14-11-8-9-12-15-24(29)25(5-2)6-3/h8,11,16-17,19-23,26-28H,4-7,9-10,12-15,18H2,1-3H3/b11-8-,17-16+/t19-,20+,21?,22-,23+/m0/s1. The Morgan fingerprint density at radius 3 is 2.45 bits per heavy atom. The molecular weight excluding hydrogens is 366 g/mol. The van der Waals surface area contributed by atoms with E-state index in [1.54, 1.807) is 6.08 Å². The number of nitrogens with zero attached hydrogens (tertiary/aromatic N) is 1. The van der Waals surface area contributed by atoms with Crippen LogP contribution in [0.2, 0.25) is 0 Å². The monoisotopic (exact) mass is 409 g/mol. The van der Waals surface area contributed by atoms with Crippen LogP contribution in [0.4, 0.5) is 0 Å². The molecule has 0 bridgehead atoms. The van der Waals surface area contributed by atoms with Gasteiger partial charge in [0.1, 0.15) is 0 Å². The molecule has 1 fully saturated rings. The maximum atomic E-state index is 12.0. The average Bonchev–Trinajstić information content (AvgIpc) is 2.96. The fraction of sp³-hybridized carbons (Fsp3) is 0.792. The molecule has 5 heteroatoms. The normalized spacial score (nSPS) is 25.9. The molecule has 1 saturated carbocycles. The average molecular weight is 410 g/mol. The Morgan fingerprint density at radius 2 is 1.79 bits per heavy atom. The number of allylic oxidation sites excluding steroid dienone is 2. The summed E-state index contributed by atoms with van der Waals surface area (Å²) < 4.78 is 0. The van der Waals surface area contributed by atoms with E-state index in [1.807, 2.05) is 24.8 Å². The Morgan fingerprint density at radius 1 is 1.07 bits per heavy atom. The van der Waals surface area contributed by atoms with Crippen molar-refractivity contribution >= 4 is 5.91 Å². The van der Waals surface area contributed by atoms with E-state index in [2.05, 4.69) is 19.1 Å². The molecule has 0 saturated heterocycles. The van der Waals surface area contributed by atoms with E-state index >= 15 is 0 Å². The van der Waals surface area contributed by atoms with E-state index in [9.17, 15) is 20.1 Å². The highest BCUT2D eigenvalue weighted by Crippen LogP contribution is 2.36. The van der Waals surface area contributed by atoms with Crippen LogP contribution < -0.4 is 0 Å². The summed E-state index contributed by atoms with van der Waals surface area (Å²) in [5.41, 5.74) is 0. The maximum absolute atomic E-state index is 12.0. The molecule has 0 aromatic carbocycles. The predicted octanol–water partition coefficient (Wildman–Crippen LogP) is 3.83. The van der Waals surface area contributed by atoms with Crippen molar-refractivity contribution in [3.63, 3.8) is 0 Å². The van der Waals surface area contributed by atoms with Gasteiger partial charge in [0.15, 0.2) is 0 Å². The molecule has 0 aromatic heterocycles. The SMILES string of the molecule is CCCCC[C@H](O)/C=C/C1[C@H](O)C[C@H](O)[C@@H]1C/C=C\CCCC(=O)N(CC)CC. The van der Waals surface area contributed by atoms with Gasteiger partial charge in [0, 0.05) is 31.8 Å². The van der Waals surface area contributed by atoms with E-state index < -0.39 is 18.3 Å². The third-order valence-corrected chi connectivity index (χ3v) is 6.03. The van der Waals surface area contributed by atoms with Crippen LogP contribution in [-0.4, -0.2) is 57.5 Å². The molecule has 1 amide bonds. The summed E-state index contributed by atoms with van der Waals surface area (Å²) in [5.74, 6) is 0.0535. The number of carbonyl (C=O) groups is 1. The highest BCUT2D eigenvalue weighted by Gasteiger charge is 2.39. The van der Waals surface area contributed by atoms with Crippen LogP contribution in [0.3, 0.4) is 0 Å². The van der Waals surface area contributed by atoms with Crippen LogP contribution in [0, 0.1) is 11.8 Å². The third-order valence-electron chi connectivity index (χ3n) is 6.03. The zero-order valence-electron chi connectivity index (χ0n) is 18.7. The minimum absolute atomic E-state index is 0.0300. The number of unbranched alkanes of at least 4 members (excludes halogenated alkanes) is 3. The van der Waals surface area contributed by atoms with Gasteiger partial charge in [-0.15, -0.1) is 0 Å². The van der Waals surface area contributed by atoms with Crippen molar-refractivity contribution in [2.24, 2.45) is 11.8 Å². The fourth-order valence-corrected chi connectivity index (χ4v) is 4.14. The molecule has 5 atom stereocenters. The first kappa shape index (κ1) is 25.9. The smallest absolute Gasteiger partial charge is 0.222 e. The van der Waals surface area contributed by atoms with Crippen LogP contribution in [0.25, 0.3) is 0 Å². The summed E-state index contributed by atoms with van der Waals surface area (Å²) in [7, 11) is 0. The summed E-state index contributed by atoms with van der Waals surface area (Å²) in [5, 5.41) is 30.7. The number of amides is 1. The molecule has 3 N–H and O–H groups in total. The predicted molar refractivity (Wildman–Crippen MR) is 118 cm³/mol. The van der Waals surface area contributed by atoms with Crippen molar-refractivity contribution in [1.29, 1.82) is 0 Å². The van der Waals surface area contributed by atoms with Crippen LogP contribution in [0.1, 0.15) is 78.6 Å². The number of carbonyl (C=O) groups excluding carboxylic acids is 1. The fourth-order valence-electron chi connectivity index (χ4n) is 4.14. The van der Waals surface area contributed by atoms with Gasteiger partial charge >= 0.3 is 0 Å². The Hall–Kier alpha value is -1.17. The van der Waals surface area contributed by atoms with Gasteiger partial charge in [0.05, 0.1) is 18.3 Å². The van der Waals surface area contributed by atoms with Crippen molar-refractivity contribution in [3.8, 4) is 0 Å². The number of hydrogen-bond donors (Lipinski definition) is 3. The van der Waals surface area contributed by atoms with E-state index in [0.717, 1.165) is 51.6 Å². The Bertz CT molecular complexity index is 501. The highest BCUT2D eigenvalue weighted by atomic mass is 16.3. The molecule has 168 valence electrons. The third kappa shape index (κ3) is 9.45. The number of aliphatic hydroxyl groups excluding tert-OH is 3. The van der Waals surface area contributed by atoms with Crippen molar-refractivity contribution in [1.82, 2.24) is 4.90 Å². The lowest BCUT2D eigenvalue weighted by Crippen LogP contribution is -2.30. The van der Waals surface area contributed by atoms with E-state index in [1.165, 1.54) is 0 Å². The van der Waals surface area contributed by atoms with Crippen LogP contribution in [0.5, 0.6) is 0 Å². The lowest BCUT2D eigenvalue weighted by atomic mass is 9.89. The first-order chi connectivity index (χ1) is 13.9. The largest absolute Gasteiger partial charge is 0.393 e. The van der Waals surface area contributed by atoms with Gasteiger partial charge in [-0.3, -0.25) is 4.79 Å². The molecule has 0 radical (unpaired) electrons. The highest BCUT2D eigenvalue weighted by molar-refractivity contribution is 5.76. The molecule has 29 heavy (non-hydrogen) atoms. The summed E-state index contributed by atoms with van der Waals surface area (Å²) in [4.78, 5) is 13.8. The molecule has 1 rings (SSSR count). The van der Waals surface area contributed by atoms with Crippen molar-refractivity contribution < 1.29 is 20.1 Å². The zero-order valence-corrected chi connectivity index (χ0v) is 18.7. The van der Waals surface area contributed by atoms with Gasteiger partial charge in [-0.25, -0.2) is 0 Å². The van der Waals surface area contributed by atoms with Gasteiger partial charge in [-0.05, 0) is 45.4 Å². The summed E-state index contributed by atoms with van der Waals surface area (Å²) in [6.07, 6.45) is 13.6. The summed E-state index contributed by atoms with van der Waals surface area (Å²) in [6.45, 7) is 7.65. The Balaban J connectivity index is 2.43. The van der Waals surface area contributed by atoms with Crippen molar-refractivity contribution in [2.75, 3.05) is 13.1 Å². The quantitative estimate of drug-likeness (QED) is 0.301. The lowest BCUT2D eigenvalue weighted by molar-refractivity contribution is -0.130. The van der Waals surface area contributed by atoms with Crippen molar-refractivity contribution in [3.05, 3.63) is 24.3 Å². The van der Waals surface area contributed by atoms with Crippen LogP contribution >= 0.6 is 0 Å². The van der Waals surface area contributed by atoms with Gasteiger partial charge in [0.2, 0.25) is 5.91 Å². The molecule has 1 unspecified atom stereocenters. The van der Waals surface area contributed by atoms with Crippen LogP contribution in [-0.2, 0) is 4.79 Å². The number of aliphatic hydroxyl groups is 3. The molecule has 1 aliphatic carbocycles. The molecule has 0 aromatic rings. The van der Waals surface area contributed by atoms with Crippen molar-refractivity contribution in [2.45, 2.75) is 96.9 Å². The minimum atomic E-state index is -0.561. The summed E-state index contributed by atoms with van der Waals surface area (Å²) >= 11 is 0. The molecule has 0 spiro atoms. The minimum Gasteiger partial charge on any atom is -0.393 e. The second-order valence-corrected chi connectivity index (χ2v) is 8.22. The Labute approximate surface area is 177 Å². The van der Waals surface area contributed by atoms with Gasteiger partial charge in [-0.1, -0.05) is 50.5 Å². The summed E-state index contributed by atoms with van der Waals surface area (Å²) in [6, 6.07) is 0. The molecule has 1 aliphatic rings. The zero-order chi connectivity index (χ0) is 21.6. The number of hydrogen-bond acceptors (Lipinski definition) is 4.